The third-order valence-corrected chi connectivity index (χ3v) is 6.19. The molecule has 2 aromatic heterocycles. The highest BCUT2D eigenvalue weighted by Gasteiger charge is 2.18. The second kappa shape index (κ2) is 9.10. The third kappa shape index (κ3) is 4.35. The van der Waals surface area contributed by atoms with Gasteiger partial charge in [0.1, 0.15) is 0 Å². The monoisotopic (exact) mass is 447 g/mol. The van der Waals surface area contributed by atoms with Crippen molar-refractivity contribution in [3.8, 4) is 0 Å². The molecule has 2 aromatic carbocycles. The van der Waals surface area contributed by atoms with E-state index < -0.39 is 17.2 Å². The molecule has 0 radical (unpaired) electrons. The second-order valence-corrected chi connectivity index (χ2v) is 9.00. The molecule has 7 nitrogen and oxygen atoms in total. The van der Waals surface area contributed by atoms with Crippen LogP contribution in [0.3, 0.4) is 0 Å². The van der Waals surface area contributed by atoms with E-state index in [-0.39, 0.29) is 19.5 Å². The van der Waals surface area contributed by atoms with Crippen molar-refractivity contribution >= 4 is 27.8 Å². The number of carbonyl (C=O) groups is 1. The summed E-state index contributed by atoms with van der Waals surface area (Å²) in [6.07, 6.45) is 3.34. The molecule has 4 rings (SSSR count). The zero-order chi connectivity index (χ0) is 23.7. The summed E-state index contributed by atoms with van der Waals surface area (Å²) in [5, 5.41) is 10.7. The number of aryl methyl sites for hydroxylation is 2. The van der Waals surface area contributed by atoms with Crippen molar-refractivity contribution in [2.24, 2.45) is 13.0 Å². The van der Waals surface area contributed by atoms with Crippen molar-refractivity contribution in [2.75, 3.05) is 0 Å². The predicted molar refractivity (Wildman–Crippen MR) is 130 cm³/mol. The normalized spacial score (nSPS) is 11.6. The maximum absolute atomic E-state index is 13.5. The fourth-order valence-electron chi connectivity index (χ4n) is 4.46. The van der Waals surface area contributed by atoms with E-state index in [0.29, 0.717) is 16.8 Å². The van der Waals surface area contributed by atoms with Gasteiger partial charge in [0.05, 0.1) is 23.9 Å². The minimum atomic E-state index is -1.05. The summed E-state index contributed by atoms with van der Waals surface area (Å²) in [6.45, 7) is 4.40. The molecule has 0 aliphatic carbocycles. The molecular weight excluding hydrogens is 418 g/mol. The lowest BCUT2D eigenvalue weighted by Crippen LogP contribution is -2.41. The number of hydrogen-bond acceptors (Lipinski definition) is 3. The Morgan fingerprint density at radius 2 is 1.70 bits per heavy atom. The van der Waals surface area contributed by atoms with Gasteiger partial charge >= 0.3 is 11.7 Å². The molecule has 0 fully saturated rings. The first-order chi connectivity index (χ1) is 15.8. The van der Waals surface area contributed by atoms with Crippen LogP contribution < -0.4 is 11.2 Å². The SMILES string of the molecule is CC(C)CCc1cccc2c1c(=O)n(CCC(=O)O)c(=O)n2Cc1cn(C)c2ccccc12. The Hall–Kier alpha value is -3.61. The lowest BCUT2D eigenvalue weighted by molar-refractivity contribution is -0.137. The Morgan fingerprint density at radius 3 is 2.42 bits per heavy atom. The Bertz CT molecular complexity index is 1460. The molecule has 0 unspecified atom stereocenters. The number of benzene rings is 2. The van der Waals surface area contributed by atoms with Gasteiger partial charge in [0, 0.05) is 30.7 Å². The number of hydrogen-bond donors (Lipinski definition) is 1. The maximum Gasteiger partial charge on any atom is 0.331 e. The molecule has 0 amide bonds. The molecule has 0 saturated heterocycles. The average molecular weight is 448 g/mol. The van der Waals surface area contributed by atoms with Crippen LogP contribution in [0.2, 0.25) is 0 Å². The smallest absolute Gasteiger partial charge is 0.331 e. The van der Waals surface area contributed by atoms with Gasteiger partial charge in [0.25, 0.3) is 5.56 Å². The van der Waals surface area contributed by atoms with Crippen LogP contribution in [0.15, 0.2) is 58.3 Å². The van der Waals surface area contributed by atoms with Crippen LogP contribution in [0.25, 0.3) is 21.8 Å². The molecule has 172 valence electrons. The first kappa shape index (κ1) is 22.6. The van der Waals surface area contributed by atoms with Crippen LogP contribution in [0.1, 0.15) is 37.8 Å². The number of fused-ring (bicyclic) bond motifs is 2. The quantitative estimate of drug-likeness (QED) is 0.446. The average Bonchev–Trinajstić information content (AvgIpc) is 3.10. The minimum absolute atomic E-state index is 0.156. The van der Waals surface area contributed by atoms with E-state index >= 15 is 0 Å². The number of carboxylic acids is 1. The van der Waals surface area contributed by atoms with E-state index in [9.17, 15) is 14.4 Å². The van der Waals surface area contributed by atoms with E-state index in [2.05, 4.69) is 13.8 Å². The molecule has 7 heteroatoms. The van der Waals surface area contributed by atoms with Crippen molar-refractivity contribution in [1.29, 1.82) is 0 Å². The molecule has 33 heavy (non-hydrogen) atoms. The first-order valence-corrected chi connectivity index (χ1v) is 11.3. The Labute approximate surface area is 191 Å². The topological polar surface area (TPSA) is 86.2 Å². The molecule has 1 N–H and O–H groups in total. The van der Waals surface area contributed by atoms with Crippen molar-refractivity contribution in [2.45, 2.75) is 46.2 Å². The largest absolute Gasteiger partial charge is 0.481 e. The highest BCUT2D eigenvalue weighted by atomic mass is 16.4. The lowest BCUT2D eigenvalue weighted by Gasteiger charge is -2.16. The molecule has 0 bridgehead atoms. The molecule has 4 aromatic rings. The standard InChI is InChI=1S/C26H29N3O4/c1-17(2)11-12-18-7-6-10-22-24(18)25(32)28(14-13-23(30)31)26(33)29(22)16-19-15-27(3)21-9-5-4-8-20(19)21/h4-10,15,17H,11-14,16H2,1-3H3,(H,30,31). The highest BCUT2D eigenvalue weighted by Crippen LogP contribution is 2.23. The summed E-state index contributed by atoms with van der Waals surface area (Å²) >= 11 is 0. The fourth-order valence-corrected chi connectivity index (χ4v) is 4.46. The number of nitrogens with zero attached hydrogens (tertiary/aromatic N) is 3. The van der Waals surface area contributed by atoms with Crippen molar-refractivity contribution in [1.82, 2.24) is 13.7 Å². The number of carboxylic acid groups (broad SMARTS) is 1. The van der Waals surface area contributed by atoms with Crippen molar-refractivity contribution < 1.29 is 9.90 Å². The van der Waals surface area contributed by atoms with Gasteiger partial charge in [-0.1, -0.05) is 44.2 Å². The van der Waals surface area contributed by atoms with Crippen molar-refractivity contribution in [3.63, 3.8) is 0 Å². The summed E-state index contributed by atoms with van der Waals surface area (Å²) in [4.78, 5) is 38.1. The van der Waals surface area contributed by atoms with Gasteiger partial charge in [-0.25, -0.2) is 4.79 Å². The Morgan fingerprint density at radius 1 is 0.970 bits per heavy atom. The van der Waals surface area contributed by atoms with Gasteiger partial charge < -0.3 is 9.67 Å². The van der Waals surface area contributed by atoms with E-state index in [1.807, 2.05) is 60.3 Å². The van der Waals surface area contributed by atoms with Gasteiger partial charge in [0.15, 0.2) is 0 Å². The van der Waals surface area contributed by atoms with E-state index in [4.69, 9.17) is 5.11 Å². The zero-order valence-electron chi connectivity index (χ0n) is 19.2. The van der Waals surface area contributed by atoms with Crippen LogP contribution in [0.4, 0.5) is 0 Å². The van der Waals surface area contributed by atoms with Crippen LogP contribution in [0.5, 0.6) is 0 Å². The zero-order valence-corrected chi connectivity index (χ0v) is 19.2. The van der Waals surface area contributed by atoms with Crippen LogP contribution in [-0.4, -0.2) is 24.8 Å². The summed E-state index contributed by atoms with van der Waals surface area (Å²) in [5.41, 5.74) is 2.61. The van der Waals surface area contributed by atoms with E-state index in [0.717, 1.165) is 39.4 Å². The van der Waals surface area contributed by atoms with E-state index in [1.165, 1.54) is 0 Å². The van der Waals surface area contributed by atoms with Gasteiger partial charge in [-0.3, -0.25) is 18.7 Å². The third-order valence-electron chi connectivity index (χ3n) is 6.19. The van der Waals surface area contributed by atoms with E-state index in [1.54, 1.807) is 4.57 Å². The van der Waals surface area contributed by atoms with Gasteiger partial charge in [0.2, 0.25) is 0 Å². The summed E-state index contributed by atoms with van der Waals surface area (Å²) in [7, 11) is 1.96. The van der Waals surface area contributed by atoms with Gasteiger partial charge in [-0.05, 0) is 42.0 Å². The van der Waals surface area contributed by atoms with Crippen LogP contribution >= 0.6 is 0 Å². The molecule has 0 atom stereocenters. The molecule has 0 spiro atoms. The first-order valence-electron chi connectivity index (χ1n) is 11.3. The van der Waals surface area contributed by atoms with Crippen LogP contribution in [0, 0.1) is 5.92 Å². The number of rotatable bonds is 8. The number of aromatic nitrogens is 3. The maximum atomic E-state index is 13.5. The van der Waals surface area contributed by atoms with Crippen molar-refractivity contribution in [3.05, 3.63) is 80.6 Å². The number of aliphatic carboxylic acids is 1. The number of para-hydroxylation sites is 1. The van der Waals surface area contributed by atoms with Crippen LogP contribution in [-0.2, 0) is 31.4 Å². The second-order valence-electron chi connectivity index (χ2n) is 9.00. The summed E-state index contributed by atoms with van der Waals surface area (Å²) < 4.78 is 4.71. The lowest BCUT2D eigenvalue weighted by atomic mass is 9.99. The molecule has 0 aliphatic heterocycles. The molecule has 2 heterocycles. The summed E-state index contributed by atoms with van der Waals surface area (Å²) in [5.74, 6) is -0.578. The predicted octanol–water partition coefficient (Wildman–Crippen LogP) is 3.77. The highest BCUT2D eigenvalue weighted by molar-refractivity contribution is 5.85. The molecule has 0 saturated carbocycles. The Balaban J connectivity index is 1.95. The summed E-state index contributed by atoms with van der Waals surface area (Å²) in [6, 6.07) is 13.6. The Kier molecular flexibility index (Phi) is 6.22. The molecular formula is C26H29N3O4. The van der Waals surface area contributed by atoms with Gasteiger partial charge in [-0.15, -0.1) is 0 Å². The minimum Gasteiger partial charge on any atom is -0.481 e. The molecule has 0 aliphatic rings. The van der Waals surface area contributed by atoms with Gasteiger partial charge in [-0.2, -0.15) is 0 Å². The fraction of sp³-hybridized carbons (Fsp3) is 0.346.